The molecule has 4 rings (SSSR count). The van der Waals surface area contributed by atoms with E-state index in [4.69, 9.17) is 4.98 Å². The van der Waals surface area contributed by atoms with E-state index < -0.39 is 0 Å². The van der Waals surface area contributed by atoms with Gasteiger partial charge in [0.2, 0.25) is 0 Å². The lowest BCUT2D eigenvalue weighted by Crippen LogP contribution is -2.32. The van der Waals surface area contributed by atoms with Gasteiger partial charge in [-0.25, -0.2) is 4.98 Å². The Morgan fingerprint density at radius 1 is 1.04 bits per heavy atom. The average molecular weight is 395 g/mol. The number of benzene rings is 2. The maximum absolute atomic E-state index is 13.0. The van der Waals surface area contributed by atoms with Crippen LogP contribution in [0.2, 0.25) is 0 Å². The molecule has 27 heavy (non-hydrogen) atoms. The number of rotatable bonds is 5. The van der Waals surface area contributed by atoms with Crippen molar-refractivity contribution in [3.8, 4) is 0 Å². The first-order valence-corrected chi connectivity index (χ1v) is 11.3. The van der Waals surface area contributed by atoms with Gasteiger partial charge in [-0.2, -0.15) is 0 Å². The third-order valence-electron chi connectivity index (χ3n) is 4.89. The van der Waals surface area contributed by atoms with Crippen molar-refractivity contribution in [3.63, 3.8) is 0 Å². The number of carbonyl (C=O) groups is 1. The van der Waals surface area contributed by atoms with Crippen molar-refractivity contribution in [2.45, 2.75) is 46.5 Å². The Morgan fingerprint density at radius 3 is 2.63 bits per heavy atom. The lowest BCUT2D eigenvalue weighted by Gasteiger charge is -2.14. The summed E-state index contributed by atoms with van der Waals surface area (Å²) in [5.41, 5.74) is 1.58. The predicted octanol–water partition coefficient (Wildman–Crippen LogP) is 5.78. The number of nitrogens with one attached hydrogen (secondary N) is 1. The second-order valence-electron chi connectivity index (χ2n) is 6.76. The molecule has 0 radical (unpaired) electrons. The summed E-state index contributed by atoms with van der Waals surface area (Å²) in [5.74, 6) is 0.0141. The predicted molar refractivity (Wildman–Crippen MR) is 114 cm³/mol. The van der Waals surface area contributed by atoms with E-state index in [1.807, 2.05) is 30.3 Å². The molecular weight excluding hydrogens is 372 g/mol. The third kappa shape index (κ3) is 4.30. The van der Waals surface area contributed by atoms with Crippen LogP contribution in [-0.4, -0.2) is 23.2 Å². The number of thioether (sulfide) groups is 1. The minimum Gasteiger partial charge on any atom is -0.349 e. The van der Waals surface area contributed by atoms with Crippen molar-refractivity contribution in [3.05, 3.63) is 60.2 Å². The highest BCUT2D eigenvalue weighted by Crippen LogP contribution is 2.32. The molecule has 0 spiro atoms. The fraction of sp³-hybridized carbons (Fsp3) is 0.273. The number of carbonyl (C=O) groups excluding carboxylic acids is 1. The molecule has 1 saturated carbocycles. The zero-order valence-electron chi connectivity index (χ0n) is 15.3. The number of para-hydroxylation sites is 1. The van der Waals surface area contributed by atoms with E-state index >= 15 is 0 Å². The van der Waals surface area contributed by atoms with Crippen LogP contribution in [0.25, 0.3) is 10.9 Å². The van der Waals surface area contributed by atoms with Gasteiger partial charge in [0.25, 0.3) is 5.91 Å². The lowest BCUT2D eigenvalue weighted by molar-refractivity contribution is 0.0939. The van der Waals surface area contributed by atoms with E-state index in [-0.39, 0.29) is 5.91 Å². The minimum absolute atomic E-state index is 0.0141. The van der Waals surface area contributed by atoms with Crippen LogP contribution in [0.5, 0.6) is 0 Å². The van der Waals surface area contributed by atoms with Crippen molar-refractivity contribution in [2.75, 3.05) is 6.26 Å². The van der Waals surface area contributed by atoms with Crippen LogP contribution in [0, 0.1) is 0 Å². The molecule has 1 aliphatic carbocycles. The van der Waals surface area contributed by atoms with Crippen LogP contribution in [0.1, 0.15) is 36.0 Å². The zero-order chi connectivity index (χ0) is 18.6. The third-order valence-corrected chi connectivity index (χ3v) is 6.52. The monoisotopic (exact) mass is 394 g/mol. The molecule has 0 unspecified atom stereocenters. The fourth-order valence-corrected chi connectivity index (χ4v) is 4.94. The van der Waals surface area contributed by atoms with E-state index in [9.17, 15) is 4.79 Å². The van der Waals surface area contributed by atoms with Crippen LogP contribution in [0.3, 0.4) is 0 Å². The molecule has 2 aromatic carbocycles. The highest BCUT2D eigenvalue weighted by molar-refractivity contribution is 7.99. The number of hydrogen-bond acceptors (Lipinski definition) is 4. The van der Waals surface area contributed by atoms with Gasteiger partial charge >= 0.3 is 0 Å². The van der Waals surface area contributed by atoms with Gasteiger partial charge in [-0.1, -0.05) is 48.9 Å². The van der Waals surface area contributed by atoms with Crippen molar-refractivity contribution >= 4 is 40.3 Å². The zero-order valence-corrected chi connectivity index (χ0v) is 16.9. The number of fused-ring (bicyclic) bond motifs is 1. The summed E-state index contributed by atoms with van der Waals surface area (Å²) in [4.78, 5) is 20.1. The molecule has 1 heterocycles. The standard InChI is InChI=1S/C22H22N2OS2/c1-26-16-9-6-10-17(13-16)27-21-14-19(18-11-4-5-12-20(18)24-21)22(25)23-15-7-2-3-8-15/h4-6,9-15H,2-3,7-8H2,1H3,(H,23,25). The molecule has 3 nitrogen and oxygen atoms in total. The fourth-order valence-electron chi connectivity index (χ4n) is 3.51. The Kier molecular flexibility index (Phi) is 5.69. The van der Waals surface area contributed by atoms with Crippen molar-refractivity contribution in [1.82, 2.24) is 10.3 Å². The molecule has 5 heteroatoms. The van der Waals surface area contributed by atoms with E-state index in [1.165, 1.54) is 17.7 Å². The first-order valence-electron chi connectivity index (χ1n) is 9.25. The van der Waals surface area contributed by atoms with Gasteiger partial charge in [0.15, 0.2) is 0 Å². The Balaban J connectivity index is 1.68. The highest BCUT2D eigenvalue weighted by atomic mass is 32.2. The molecule has 0 bridgehead atoms. The van der Waals surface area contributed by atoms with Gasteiger partial charge in [-0.3, -0.25) is 4.79 Å². The van der Waals surface area contributed by atoms with Gasteiger partial charge in [-0.15, -0.1) is 11.8 Å². The van der Waals surface area contributed by atoms with Crippen LogP contribution < -0.4 is 5.32 Å². The van der Waals surface area contributed by atoms with E-state index in [1.54, 1.807) is 23.5 Å². The number of aromatic nitrogens is 1. The molecule has 1 aromatic heterocycles. The Bertz CT molecular complexity index is 967. The SMILES string of the molecule is CSc1cccc(Sc2cc(C(=O)NC3CCCC3)c3ccccc3n2)c1. The molecule has 3 aromatic rings. The molecule has 0 aliphatic heterocycles. The Hall–Kier alpha value is -1.98. The summed E-state index contributed by atoms with van der Waals surface area (Å²) in [5, 5.41) is 4.98. The average Bonchev–Trinajstić information content (AvgIpc) is 3.20. The largest absolute Gasteiger partial charge is 0.349 e. The molecule has 1 N–H and O–H groups in total. The van der Waals surface area contributed by atoms with Crippen molar-refractivity contribution in [2.24, 2.45) is 0 Å². The molecule has 1 amide bonds. The topological polar surface area (TPSA) is 42.0 Å². The molecule has 1 fully saturated rings. The molecule has 1 aliphatic rings. The summed E-state index contributed by atoms with van der Waals surface area (Å²) >= 11 is 3.33. The van der Waals surface area contributed by atoms with Gasteiger partial charge in [0.05, 0.1) is 11.1 Å². The quantitative estimate of drug-likeness (QED) is 0.557. The van der Waals surface area contributed by atoms with Crippen LogP contribution >= 0.6 is 23.5 Å². The second-order valence-corrected chi connectivity index (χ2v) is 8.73. The molecule has 0 saturated heterocycles. The number of pyridine rings is 1. The van der Waals surface area contributed by atoms with Gasteiger partial charge in [-0.05, 0) is 49.4 Å². The molecular formula is C22H22N2OS2. The lowest BCUT2D eigenvalue weighted by atomic mass is 10.1. The second kappa shape index (κ2) is 8.36. The first-order chi connectivity index (χ1) is 13.2. The molecule has 138 valence electrons. The number of hydrogen-bond donors (Lipinski definition) is 1. The summed E-state index contributed by atoms with van der Waals surface area (Å²) in [6.07, 6.45) is 6.64. The summed E-state index contributed by atoms with van der Waals surface area (Å²) in [7, 11) is 0. The van der Waals surface area contributed by atoms with E-state index in [0.717, 1.165) is 39.2 Å². The van der Waals surface area contributed by atoms with Gasteiger partial charge in [0.1, 0.15) is 5.03 Å². The van der Waals surface area contributed by atoms with Gasteiger partial charge in [0, 0.05) is 21.2 Å². The first kappa shape index (κ1) is 18.4. The van der Waals surface area contributed by atoms with E-state index in [2.05, 4.69) is 35.8 Å². The maximum Gasteiger partial charge on any atom is 0.252 e. The highest BCUT2D eigenvalue weighted by Gasteiger charge is 2.20. The van der Waals surface area contributed by atoms with Crippen molar-refractivity contribution < 1.29 is 4.79 Å². The normalized spacial score (nSPS) is 14.6. The minimum atomic E-state index is 0.0141. The summed E-state index contributed by atoms with van der Waals surface area (Å²) in [6, 6.07) is 18.5. The van der Waals surface area contributed by atoms with Crippen LogP contribution in [-0.2, 0) is 0 Å². The number of nitrogens with zero attached hydrogens (tertiary/aromatic N) is 1. The van der Waals surface area contributed by atoms with Gasteiger partial charge < -0.3 is 5.32 Å². The smallest absolute Gasteiger partial charge is 0.252 e. The van der Waals surface area contributed by atoms with Crippen LogP contribution in [0.15, 0.2) is 69.4 Å². The Morgan fingerprint density at radius 2 is 1.81 bits per heavy atom. The maximum atomic E-state index is 13.0. The molecule has 0 atom stereocenters. The Labute approximate surface area is 168 Å². The number of amides is 1. The van der Waals surface area contributed by atoms with Crippen molar-refractivity contribution in [1.29, 1.82) is 0 Å². The van der Waals surface area contributed by atoms with Crippen LogP contribution in [0.4, 0.5) is 0 Å². The summed E-state index contributed by atoms with van der Waals surface area (Å²) in [6.45, 7) is 0. The summed E-state index contributed by atoms with van der Waals surface area (Å²) < 4.78 is 0. The van der Waals surface area contributed by atoms with E-state index in [0.29, 0.717) is 6.04 Å².